The van der Waals surface area contributed by atoms with Crippen LogP contribution in [0.4, 0.5) is 10.2 Å². The number of rotatable bonds is 4. The monoisotopic (exact) mass is 424 g/mol. The Bertz CT molecular complexity index is 1080. The molecule has 2 aromatic heterocycles. The maximum Gasteiger partial charge on any atom is 0.255 e. The van der Waals surface area contributed by atoms with E-state index in [1.165, 1.54) is 24.7 Å². The maximum atomic E-state index is 14.7. The van der Waals surface area contributed by atoms with Gasteiger partial charge >= 0.3 is 0 Å². The minimum Gasteiger partial charge on any atom is -0.364 e. The number of halogens is 2. The fraction of sp³-hybridized carbons (Fsp3) is 0.286. The van der Waals surface area contributed by atoms with Crippen molar-refractivity contribution in [1.82, 2.24) is 24.8 Å². The van der Waals surface area contributed by atoms with Gasteiger partial charge in [0.2, 0.25) is 0 Å². The second-order valence-electron chi connectivity index (χ2n) is 7.57. The lowest BCUT2D eigenvalue weighted by atomic mass is 10.0. The number of hydrogen-bond donors (Lipinski definition) is 1. The summed E-state index contributed by atoms with van der Waals surface area (Å²) in [6, 6.07) is 6.20. The van der Waals surface area contributed by atoms with E-state index in [-0.39, 0.29) is 34.9 Å². The first kappa shape index (κ1) is 18.9. The highest BCUT2D eigenvalue weighted by Gasteiger charge is 2.47. The van der Waals surface area contributed by atoms with Crippen LogP contribution in [-0.4, -0.2) is 49.4 Å². The molecule has 30 heavy (non-hydrogen) atoms. The number of amides is 1. The number of carbonyl (C=O) groups excluding carboxylic acids is 1. The predicted octanol–water partition coefficient (Wildman–Crippen LogP) is 3.44. The van der Waals surface area contributed by atoms with E-state index in [9.17, 15) is 9.18 Å². The molecule has 5 rings (SSSR count). The molecule has 9 heteroatoms. The molecule has 3 atom stereocenters. The van der Waals surface area contributed by atoms with Crippen LogP contribution >= 0.6 is 11.6 Å². The highest BCUT2D eigenvalue weighted by molar-refractivity contribution is 6.29. The van der Waals surface area contributed by atoms with Crippen LogP contribution in [0.2, 0.25) is 5.15 Å². The fourth-order valence-corrected chi connectivity index (χ4v) is 4.60. The molecule has 2 aliphatic rings. The molecule has 3 heterocycles. The molecule has 1 saturated heterocycles. The number of likely N-dealkylation sites (tertiary alicyclic amines) is 1. The molecule has 1 saturated carbocycles. The van der Waals surface area contributed by atoms with Crippen LogP contribution in [0.1, 0.15) is 23.2 Å². The molecule has 152 valence electrons. The third-order valence-electron chi connectivity index (χ3n) is 5.73. The van der Waals surface area contributed by atoms with Crippen LogP contribution in [0.25, 0.3) is 11.4 Å². The van der Waals surface area contributed by atoms with Gasteiger partial charge in [-0.25, -0.2) is 24.3 Å². The topological polar surface area (TPSA) is 83.9 Å². The Morgan fingerprint density at radius 2 is 1.93 bits per heavy atom. The normalized spacial score (nSPS) is 22.3. The quantitative estimate of drug-likeness (QED) is 0.690. The third kappa shape index (κ3) is 3.37. The molecule has 1 aliphatic carbocycles. The van der Waals surface area contributed by atoms with Crippen molar-refractivity contribution in [2.24, 2.45) is 5.92 Å². The lowest BCUT2D eigenvalue weighted by Crippen LogP contribution is -2.48. The SMILES string of the molecule is O=C(c1cccc(F)c1-c1ncccn1)N1C[C@H]2C[C@@H](Nc3cnc(Cl)cn3)[C@@H]1C2. The highest BCUT2D eigenvalue weighted by atomic mass is 35.5. The minimum absolute atomic E-state index is 0.00668. The number of benzene rings is 1. The largest absolute Gasteiger partial charge is 0.364 e. The minimum atomic E-state index is -0.512. The van der Waals surface area contributed by atoms with E-state index in [0.29, 0.717) is 23.4 Å². The summed E-state index contributed by atoms with van der Waals surface area (Å²) < 4.78 is 14.7. The van der Waals surface area contributed by atoms with Crippen LogP contribution in [0.3, 0.4) is 0 Å². The molecule has 1 aromatic carbocycles. The number of hydrogen-bond acceptors (Lipinski definition) is 6. The van der Waals surface area contributed by atoms with E-state index in [4.69, 9.17) is 11.6 Å². The second-order valence-corrected chi connectivity index (χ2v) is 7.96. The Morgan fingerprint density at radius 1 is 1.10 bits per heavy atom. The first-order valence-electron chi connectivity index (χ1n) is 9.71. The van der Waals surface area contributed by atoms with Crippen LogP contribution in [0.15, 0.2) is 49.1 Å². The average Bonchev–Trinajstić information content (AvgIpc) is 3.36. The van der Waals surface area contributed by atoms with Gasteiger partial charge in [0, 0.05) is 25.0 Å². The van der Waals surface area contributed by atoms with Gasteiger partial charge in [0.25, 0.3) is 5.91 Å². The number of nitrogens with one attached hydrogen (secondary N) is 1. The van der Waals surface area contributed by atoms with Crippen molar-refractivity contribution in [2.75, 3.05) is 11.9 Å². The van der Waals surface area contributed by atoms with Crippen molar-refractivity contribution in [3.63, 3.8) is 0 Å². The van der Waals surface area contributed by atoms with Crippen molar-refractivity contribution in [3.8, 4) is 11.4 Å². The van der Waals surface area contributed by atoms with Crippen LogP contribution in [0, 0.1) is 11.7 Å². The van der Waals surface area contributed by atoms with Gasteiger partial charge in [-0.3, -0.25) is 4.79 Å². The summed E-state index contributed by atoms with van der Waals surface area (Å²) in [5.74, 6) is 0.491. The third-order valence-corrected chi connectivity index (χ3v) is 5.92. The van der Waals surface area contributed by atoms with Crippen LogP contribution in [0.5, 0.6) is 0 Å². The number of fused-ring (bicyclic) bond motifs is 2. The van der Waals surface area contributed by atoms with Crippen LogP contribution in [-0.2, 0) is 0 Å². The van der Waals surface area contributed by atoms with Crippen molar-refractivity contribution >= 4 is 23.3 Å². The van der Waals surface area contributed by atoms with Crippen molar-refractivity contribution in [1.29, 1.82) is 0 Å². The number of aromatic nitrogens is 4. The van der Waals surface area contributed by atoms with E-state index in [2.05, 4.69) is 25.3 Å². The summed E-state index contributed by atoms with van der Waals surface area (Å²) in [6.07, 6.45) is 7.98. The average molecular weight is 425 g/mol. The molecule has 1 N–H and O–H groups in total. The van der Waals surface area contributed by atoms with E-state index >= 15 is 0 Å². The van der Waals surface area contributed by atoms with E-state index in [1.54, 1.807) is 24.4 Å². The number of anilines is 1. The van der Waals surface area contributed by atoms with Gasteiger partial charge in [0.05, 0.1) is 29.6 Å². The Labute approximate surface area is 177 Å². The Balaban J connectivity index is 1.42. The lowest BCUT2D eigenvalue weighted by molar-refractivity contribution is 0.0692. The molecule has 2 fully saturated rings. The van der Waals surface area contributed by atoms with Gasteiger partial charge in [-0.05, 0) is 37.0 Å². The summed E-state index contributed by atoms with van der Waals surface area (Å²) >= 11 is 5.81. The van der Waals surface area contributed by atoms with Crippen molar-refractivity contribution in [3.05, 3.63) is 65.6 Å². The number of carbonyl (C=O) groups is 1. The Morgan fingerprint density at radius 3 is 2.67 bits per heavy atom. The van der Waals surface area contributed by atoms with Crippen LogP contribution < -0.4 is 5.32 Å². The van der Waals surface area contributed by atoms with Gasteiger partial charge < -0.3 is 10.2 Å². The summed E-state index contributed by atoms with van der Waals surface area (Å²) in [6.45, 7) is 0.652. The predicted molar refractivity (Wildman–Crippen MR) is 109 cm³/mol. The zero-order chi connectivity index (χ0) is 20.7. The molecule has 2 bridgehead atoms. The first-order valence-corrected chi connectivity index (χ1v) is 10.1. The molecule has 1 amide bonds. The van der Waals surface area contributed by atoms with E-state index in [0.717, 1.165) is 12.8 Å². The molecule has 3 aromatic rings. The van der Waals surface area contributed by atoms with Crippen molar-refractivity contribution < 1.29 is 9.18 Å². The molecule has 0 spiro atoms. The summed E-state index contributed by atoms with van der Waals surface area (Å²) in [5, 5.41) is 3.69. The maximum absolute atomic E-state index is 14.7. The first-order chi connectivity index (χ1) is 14.6. The van der Waals surface area contributed by atoms with Crippen molar-refractivity contribution in [2.45, 2.75) is 24.9 Å². The van der Waals surface area contributed by atoms with Gasteiger partial charge in [-0.1, -0.05) is 17.7 Å². The van der Waals surface area contributed by atoms with Gasteiger partial charge in [0.15, 0.2) is 5.82 Å². The fourth-order valence-electron chi connectivity index (χ4n) is 4.50. The Hall–Kier alpha value is -3.13. The molecule has 1 aliphatic heterocycles. The van der Waals surface area contributed by atoms with E-state index in [1.807, 2.05) is 4.90 Å². The number of piperidine rings is 1. The van der Waals surface area contributed by atoms with Gasteiger partial charge in [-0.15, -0.1) is 0 Å². The molecular weight excluding hydrogens is 407 g/mol. The second kappa shape index (κ2) is 7.60. The van der Waals surface area contributed by atoms with Gasteiger partial charge in [0.1, 0.15) is 16.8 Å². The zero-order valence-corrected chi connectivity index (χ0v) is 16.6. The number of nitrogens with zero attached hydrogens (tertiary/aromatic N) is 5. The zero-order valence-electron chi connectivity index (χ0n) is 15.9. The molecule has 0 unspecified atom stereocenters. The summed E-state index contributed by atoms with van der Waals surface area (Å²) in [7, 11) is 0. The summed E-state index contributed by atoms with van der Waals surface area (Å²) in [5.41, 5.74) is 0.415. The molecule has 7 nitrogen and oxygen atoms in total. The molecule has 0 radical (unpaired) electrons. The summed E-state index contributed by atoms with van der Waals surface area (Å²) in [4.78, 5) is 31.9. The molecular formula is C21H18ClFN6O. The smallest absolute Gasteiger partial charge is 0.255 e. The lowest BCUT2D eigenvalue weighted by Gasteiger charge is -2.34. The standard InChI is InChI=1S/C21H18ClFN6O/c22-17-9-27-18(10-26-17)28-15-7-12-8-16(15)29(11-12)21(30)13-3-1-4-14(23)19(13)20-24-5-2-6-25-20/h1-6,9-10,12,15-16H,7-8,11H2,(H,27,28)/t12-,15+,16-/m0/s1. The van der Waals surface area contributed by atoms with Gasteiger partial charge in [-0.2, -0.15) is 0 Å². The Kier molecular flexibility index (Phi) is 4.78. The van der Waals surface area contributed by atoms with E-state index < -0.39 is 5.82 Å². The highest BCUT2D eigenvalue weighted by Crippen LogP contribution is 2.40.